The van der Waals surface area contributed by atoms with Gasteiger partial charge in [0.05, 0.1) is 18.9 Å². The van der Waals surface area contributed by atoms with Crippen LogP contribution in [0, 0.1) is 0 Å². The van der Waals surface area contributed by atoms with Crippen LogP contribution in [0.5, 0.6) is 11.5 Å². The second-order valence-corrected chi connectivity index (χ2v) is 5.97. The van der Waals surface area contributed by atoms with Gasteiger partial charge >= 0.3 is 0 Å². The van der Waals surface area contributed by atoms with Crippen molar-refractivity contribution in [1.82, 2.24) is 0 Å². The van der Waals surface area contributed by atoms with Gasteiger partial charge in [-0.25, -0.2) is 0 Å². The van der Waals surface area contributed by atoms with Crippen LogP contribution in [0.3, 0.4) is 0 Å². The molecule has 4 nitrogen and oxygen atoms in total. The number of hydrogen-bond donors (Lipinski definition) is 1. The zero-order chi connectivity index (χ0) is 18.1. The summed E-state index contributed by atoms with van der Waals surface area (Å²) in [6.45, 7) is 5.21. The number of carbonyl (C=O) groups excluding carboxylic acids is 1. The van der Waals surface area contributed by atoms with Gasteiger partial charge in [-0.2, -0.15) is 0 Å². The van der Waals surface area contributed by atoms with Crippen molar-refractivity contribution in [2.45, 2.75) is 39.5 Å². The number of carbonyl (C=O) groups is 1. The molecule has 0 bridgehead atoms. The van der Waals surface area contributed by atoms with E-state index < -0.39 is 0 Å². The number of nitrogens with two attached hydrogens (primary N) is 1. The van der Waals surface area contributed by atoms with Gasteiger partial charge < -0.3 is 15.2 Å². The van der Waals surface area contributed by atoms with E-state index in [1.54, 1.807) is 18.2 Å². The smallest absolute Gasteiger partial charge is 0.162 e. The largest absolute Gasteiger partial charge is 0.493 e. The van der Waals surface area contributed by atoms with Crippen molar-refractivity contribution in [2.24, 2.45) is 0 Å². The van der Waals surface area contributed by atoms with Crippen molar-refractivity contribution in [3.8, 4) is 11.5 Å². The second kappa shape index (κ2) is 9.72. The summed E-state index contributed by atoms with van der Waals surface area (Å²) in [5.74, 6) is 1.60. The predicted molar refractivity (Wildman–Crippen MR) is 102 cm³/mol. The minimum Gasteiger partial charge on any atom is -0.493 e. The Morgan fingerprint density at radius 3 is 2.36 bits per heavy atom. The molecule has 0 fully saturated rings. The maximum absolute atomic E-state index is 11.9. The number of hydrogen-bond acceptors (Lipinski definition) is 4. The molecule has 0 heterocycles. The van der Waals surface area contributed by atoms with Crippen LogP contribution in [-0.2, 0) is 6.42 Å². The lowest BCUT2D eigenvalue weighted by Gasteiger charge is -2.11. The third-order valence-electron chi connectivity index (χ3n) is 3.96. The number of ether oxygens (including phenoxy) is 2. The Morgan fingerprint density at radius 1 is 1.00 bits per heavy atom. The molecule has 0 saturated carbocycles. The van der Waals surface area contributed by atoms with Crippen LogP contribution in [0.1, 0.15) is 49.0 Å². The van der Waals surface area contributed by atoms with E-state index in [9.17, 15) is 4.79 Å². The first-order valence-electron chi connectivity index (χ1n) is 8.91. The van der Waals surface area contributed by atoms with Crippen molar-refractivity contribution in [3.63, 3.8) is 0 Å². The zero-order valence-electron chi connectivity index (χ0n) is 15.1. The topological polar surface area (TPSA) is 61.5 Å². The summed E-state index contributed by atoms with van der Waals surface area (Å²) in [4.78, 5) is 11.9. The van der Waals surface area contributed by atoms with Gasteiger partial charge in [-0.1, -0.05) is 26.0 Å². The van der Waals surface area contributed by atoms with Crippen LogP contribution in [0.2, 0.25) is 0 Å². The molecule has 2 rings (SSSR count). The Morgan fingerprint density at radius 2 is 1.72 bits per heavy atom. The summed E-state index contributed by atoms with van der Waals surface area (Å²) in [6.07, 6.45) is 3.15. The van der Waals surface area contributed by atoms with Crippen LogP contribution in [-0.4, -0.2) is 19.0 Å². The fraction of sp³-hybridized carbons (Fsp3) is 0.381. The fourth-order valence-corrected chi connectivity index (χ4v) is 2.48. The Kier molecular flexibility index (Phi) is 7.33. The van der Waals surface area contributed by atoms with Gasteiger partial charge in [-0.05, 0) is 48.7 Å². The van der Waals surface area contributed by atoms with E-state index in [4.69, 9.17) is 15.2 Å². The van der Waals surface area contributed by atoms with E-state index in [0.29, 0.717) is 36.6 Å². The number of anilines is 1. The first-order valence-corrected chi connectivity index (χ1v) is 8.91. The molecular formula is C21H27NO3. The number of nitrogen functional groups attached to an aromatic ring is 1. The molecule has 0 atom stereocenters. The molecule has 0 unspecified atom stereocenters. The van der Waals surface area contributed by atoms with Crippen LogP contribution in [0.4, 0.5) is 5.69 Å². The molecular weight excluding hydrogens is 314 g/mol. The van der Waals surface area contributed by atoms with Crippen molar-refractivity contribution in [2.75, 3.05) is 18.9 Å². The average Bonchev–Trinajstić information content (AvgIpc) is 2.63. The van der Waals surface area contributed by atoms with Crippen molar-refractivity contribution >= 4 is 11.5 Å². The number of aryl methyl sites for hydroxylation is 1. The number of benzene rings is 2. The van der Waals surface area contributed by atoms with Gasteiger partial charge in [0.2, 0.25) is 0 Å². The third-order valence-corrected chi connectivity index (χ3v) is 3.96. The van der Waals surface area contributed by atoms with Crippen molar-refractivity contribution in [1.29, 1.82) is 0 Å². The highest BCUT2D eigenvalue weighted by molar-refractivity contribution is 5.97. The molecule has 25 heavy (non-hydrogen) atoms. The molecule has 4 heteroatoms. The van der Waals surface area contributed by atoms with Crippen molar-refractivity contribution < 1.29 is 14.3 Å². The van der Waals surface area contributed by atoms with E-state index in [0.717, 1.165) is 25.0 Å². The van der Waals surface area contributed by atoms with Crippen LogP contribution in [0.25, 0.3) is 0 Å². The molecule has 2 aromatic carbocycles. The SMILES string of the molecule is CCCC(=O)c1ccc(OCCCOc2ccc(CC)cc2)c(N)c1. The Hall–Kier alpha value is -2.49. The monoisotopic (exact) mass is 341 g/mol. The number of ketones is 1. The lowest BCUT2D eigenvalue weighted by molar-refractivity contribution is 0.0982. The van der Waals surface area contributed by atoms with Crippen LogP contribution < -0.4 is 15.2 Å². The number of Topliss-reactive ketones (excluding diaryl/α,β-unsaturated/α-hetero) is 1. The van der Waals surface area contributed by atoms with E-state index in [1.165, 1.54) is 5.56 Å². The minimum atomic E-state index is 0.114. The van der Waals surface area contributed by atoms with Gasteiger partial charge in [0, 0.05) is 18.4 Å². The molecule has 2 aromatic rings. The lowest BCUT2D eigenvalue weighted by atomic mass is 10.1. The van der Waals surface area contributed by atoms with Gasteiger partial charge in [0.25, 0.3) is 0 Å². The third kappa shape index (κ3) is 5.82. The molecule has 0 aliphatic rings. The maximum Gasteiger partial charge on any atom is 0.162 e. The summed E-state index contributed by atoms with van der Waals surface area (Å²) >= 11 is 0. The van der Waals surface area contributed by atoms with E-state index in [1.807, 2.05) is 19.1 Å². The van der Waals surface area contributed by atoms with Gasteiger partial charge in [0.15, 0.2) is 5.78 Å². The average molecular weight is 341 g/mol. The highest BCUT2D eigenvalue weighted by Gasteiger charge is 2.08. The lowest BCUT2D eigenvalue weighted by Crippen LogP contribution is -2.07. The number of rotatable bonds is 10. The molecule has 0 aromatic heterocycles. The Labute approximate surface area is 150 Å². The minimum absolute atomic E-state index is 0.114. The van der Waals surface area contributed by atoms with Crippen molar-refractivity contribution in [3.05, 3.63) is 53.6 Å². The standard InChI is InChI=1S/C21H27NO3/c1-3-6-20(23)17-9-12-21(19(22)15-17)25-14-5-13-24-18-10-7-16(4-2)8-11-18/h7-12,15H,3-6,13-14,22H2,1-2H3. The normalized spacial score (nSPS) is 10.5. The van der Waals surface area contributed by atoms with E-state index in [-0.39, 0.29) is 5.78 Å². The van der Waals surface area contributed by atoms with Gasteiger partial charge in [-0.3, -0.25) is 4.79 Å². The predicted octanol–water partition coefficient (Wildman–Crippen LogP) is 4.66. The summed E-state index contributed by atoms with van der Waals surface area (Å²) in [7, 11) is 0. The summed E-state index contributed by atoms with van der Waals surface area (Å²) in [5, 5.41) is 0. The van der Waals surface area contributed by atoms with Crippen LogP contribution in [0.15, 0.2) is 42.5 Å². The highest BCUT2D eigenvalue weighted by Crippen LogP contribution is 2.23. The second-order valence-electron chi connectivity index (χ2n) is 5.97. The Bertz CT molecular complexity index is 680. The fourth-order valence-electron chi connectivity index (χ4n) is 2.48. The molecule has 2 N–H and O–H groups in total. The van der Waals surface area contributed by atoms with Gasteiger partial charge in [-0.15, -0.1) is 0 Å². The summed E-state index contributed by atoms with van der Waals surface area (Å²) in [5.41, 5.74) is 8.42. The molecule has 0 radical (unpaired) electrons. The quantitative estimate of drug-likeness (QED) is 0.388. The summed E-state index contributed by atoms with van der Waals surface area (Å²) < 4.78 is 11.4. The van der Waals surface area contributed by atoms with E-state index >= 15 is 0 Å². The Balaban J connectivity index is 1.74. The summed E-state index contributed by atoms with van der Waals surface area (Å²) in [6, 6.07) is 13.4. The zero-order valence-corrected chi connectivity index (χ0v) is 15.1. The first kappa shape index (κ1) is 18.8. The molecule has 0 amide bonds. The molecule has 134 valence electrons. The maximum atomic E-state index is 11.9. The molecule has 0 saturated heterocycles. The molecule has 0 aliphatic heterocycles. The first-order chi connectivity index (χ1) is 12.1. The highest BCUT2D eigenvalue weighted by atomic mass is 16.5. The van der Waals surface area contributed by atoms with Gasteiger partial charge in [0.1, 0.15) is 11.5 Å². The molecule has 0 spiro atoms. The molecule has 0 aliphatic carbocycles. The van der Waals surface area contributed by atoms with E-state index in [2.05, 4.69) is 19.1 Å². The van der Waals surface area contributed by atoms with Crippen LogP contribution >= 0.6 is 0 Å².